The van der Waals surface area contributed by atoms with Crippen molar-refractivity contribution in [2.75, 3.05) is 10.6 Å². The molecule has 0 fully saturated rings. The molecular formula is C26H19BrClN5OS. The van der Waals surface area contributed by atoms with Crippen LogP contribution in [0.1, 0.15) is 11.1 Å². The highest BCUT2D eigenvalue weighted by Gasteiger charge is 2.13. The van der Waals surface area contributed by atoms with Crippen LogP contribution in [0.5, 0.6) is 0 Å². The van der Waals surface area contributed by atoms with Gasteiger partial charge in [0.05, 0.1) is 16.4 Å². The summed E-state index contributed by atoms with van der Waals surface area (Å²) in [5, 5.41) is 15.4. The molecule has 9 heteroatoms. The molecule has 0 saturated carbocycles. The molecule has 0 unspecified atom stereocenters. The average Bonchev–Trinajstić information content (AvgIpc) is 3.52. The maximum atomic E-state index is 12.3. The second-order valence-electron chi connectivity index (χ2n) is 7.67. The summed E-state index contributed by atoms with van der Waals surface area (Å²) in [6.07, 6.45) is 5.04. The summed E-state index contributed by atoms with van der Waals surface area (Å²) < 4.78 is 2.53. The van der Waals surface area contributed by atoms with E-state index in [0.717, 1.165) is 38.4 Å². The summed E-state index contributed by atoms with van der Waals surface area (Å²) in [5.41, 5.74) is 5.00. The molecule has 2 aromatic carbocycles. The number of carbonyl (C=O) groups excluding carboxylic acids is 1. The molecule has 0 radical (unpaired) electrons. The maximum absolute atomic E-state index is 12.3. The molecule has 0 aliphatic heterocycles. The Labute approximate surface area is 219 Å². The van der Waals surface area contributed by atoms with Crippen LogP contribution in [0.4, 0.5) is 11.5 Å². The standard InChI is InChI=1S/C26H19BrClN5OS/c27-21-15-30-33-24(13-23(32-26(21)33)20-6-1-2-7-22(20)28)29-14-18-4-3-5-19(12-18)31-25(34)9-8-17-10-11-35-16-17/h1-13,15-16,29H,14H2,(H,31,34). The van der Waals surface area contributed by atoms with Gasteiger partial charge in [0.1, 0.15) is 5.82 Å². The van der Waals surface area contributed by atoms with Crippen molar-refractivity contribution in [1.29, 1.82) is 0 Å². The molecule has 5 aromatic rings. The van der Waals surface area contributed by atoms with Gasteiger partial charge in [-0.1, -0.05) is 41.9 Å². The van der Waals surface area contributed by atoms with Crippen molar-refractivity contribution in [3.63, 3.8) is 0 Å². The first-order chi connectivity index (χ1) is 17.1. The summed E-state index contributed by atoms with van der Waals surface area (Å²) in [6.45, 7) is 0.521. The van der Waals surface area contributed by atoms with Crippen molar-refractivity contribution in [3.8, 4) is 11.3 Å². The highest BCUT2D eigenvalue weighted by molar-refractivity contribution is 9.10. The molecule has 6 nitrogen and oxygen atoms in total. The number of thiophene rings is 1. The zero-order valence-corrected chi connectivity index (χ0v) is 21.4. The van der Waals surface area contributed by atoms with Gasteiger partial charge in [0.25, 0.3) is 0 Å². The molecule has 0 aliphatic carbocycles. The first-order valence-corrected chi connectivity index (χ1v) is 12.8. The van der Waals surface area contributed by atoms with Gasteiger partial charge in [-0.05, 0) is 68.2 Å². The number of rotatable bonds is 7. The molecule has 2 N–H and O–H groups in total. The van der Waals surface area contributed by atoms with Crippen molar-refractivity contribution in [3.05, 3.63) is 104 Å². The normalized spacial score (nSPS) is 11.3. The Morgan fingerprint density at radius 1 is 1.14 bits per heavy atom. The van der Waals surface area contributed by atoms with E-state index in [4.69, 9.17) is 16.6 Å². The van der Waals surface area contributed by atoms with Crippen molar-refractivity contribution < 1.29 is 4.79 Å². The number of halogens is 2. The number of carbonyl (C=O) groups is 1. The zero-order valence-electron chi connectivity index (χ0n) is 18.3. The third-order valence-corrected chi connectivity index (χ3v) is 6.81. The van der Waals surface area contributed by atoms with Crippen LogP contribution in [-0.4, -0.2) is 20.5 Å². The number of aromatic nitrogens is 3. The van der Waals surface area contributed by atoms with Gasteiger partial charge in [-0.3, -0.25) is 4.79 Å². The Morgan fingerprint density at radius 2 is 2.03 bits per heavy atom. The molecule has 0 atom stereocenters. The Hall–Kier alpha value is -3.46. The first-order valence-electron chi connectivity index (χ1n) is 10.7. The van der Waals surface area contributed by atoms with Gasteiger partial charge in [0.15, 0.2) is 5.65 Å². The van der Waals surface area contributed by atoms with Crippen molar-refractivity contribution in [2.45, 2.75) is 6.54 Å². The second kappa shape index (κ2) is 10.4. The van der Waals surface area contributed by atoms with Gasteiger partial charge in [0.2, 0.25) is 5.91 Å². The number of hydrogen-bond acceptors (Lipinski definition) is 5. The number of amides is 1. The van der Waals surface area contributed by atoms with Crippen LogP contribution in [0.2, 0.25) is 5.02 Å². The van der Waals surface area contributed by atoms with E-state index in [0.29, 0.717) is 17.2 Å². The van der Waals surface area contributed by atoms with Crippen LogP contribution in [0, 0.1) is 0 Å². The summed E-state index contributed by atoms with van der Waals surface area (Å²) >= 11 is 11.5. The summed E-state index contributed by atoms with van der Waals surface area (Å²) in [4.78, 5) is 17.0. The minimum Gasteiger partial charge on any atom is -0.366 e. The van der Waals surface area contributed by atoms with Gasteiger partial charge < -0.3 is 10.6 Å². The molecule has 35 heavy (non-hydrogen) atoms. The molecule has 3 heterocycles. The first kappa shape index (κ1) is 23.3. The largest absolute Gasteiger partial charge is 0.366 e. The molecule has 0 aliphatic rings. The lowest BCUT2D eigenvalue weighted by Crippen LogP contribution is -2.09. The Morgan fingerprint density at radius 3 is 2.86 bits per heavy atom. The fraction of sp³-hybridized carbons (Fsp3) is 0.0385. The lowest BCUT2D eigenvalue weighted by molar-refractivity contribution is -0.111. The number of hydrogen-bond donors (Lipinski definition) is 2. The molecular weight excluding hydrogens is 546 g/mol. The fourth-order valence-corrected chi connectivity index (χ4v) is 4.76. The van der Waals surface area contributed by atoms with Crippen LogP contribution < -0.4 is 10.6 Å². The molecule has 3 aromatic heterocycles. The molecule has 1 amide bonds. The molecule has 0 saturated heterocycles. The number of nitrogens with zero attached hydrogens (tertiary/aromatic N) is 3. The maximum Gasteiger partial charge on any atom is 0.248 e. The molecule has 174 valence electrons. The minimum atomic E-state index is -0.178. The average molecular weight is 565 g/mol. The van der Waals surface area contributed by atoms with Crippen LogP contribution in [0.25, 0.3) is 23.0 Å². The van der Waals surface area contributed by atoms with Crippen molar-refractivity contribution in [2.24, 2.45) is 0 Å². The summed E-state index contributed by atoms with van der Waals surface area (Å²) in [7, 11) is 0. The van der Waals surface area contributed by atoms with E-state index in [1.54, 1.807) is 28.1 Å². The van der Waals surface area contributed by atoms with E-state index < -0.39 is 0 Å². The number of nitrogens with one attached hydrogen (secondary N) is 2. The van der Waals surface area contributed by atoms with Crippen LogP contribution in [0.3, 0.4) is 0 Å². The van der Waals surface area contributed by atoms with Gasteiger partial charge >= 0.3 is 0 Å². The molecule has 5 rings (SSSR count). The van der Waals surface area contributed by atoms with Crippen LogP contribution >= 0.6 is 38.9 Å². The highest BCUT2D eigenvalue weighted by atomic mass is 79.9. The smallest absolute Gasteiger partial charge is 0.248 e. The monoisotopic (exact) mass is 563 g/mol. The number of anilines is 2. The lowest BCUT2D eigenvalue weighted by Gasteiger charge is -2.12. The van der Waals surface area contributed by atoms with E-state index in [1.165, 1.54) is 6.08 Å². The minimum absolute atomic E-state index is 0.178. The van der Waals surface area contributed by atoms with Crippen molar-refractivity contribution >= 4 is 68.0 Å². The number of fused-ring (bicyclic) bond motifs is 1. The van der Waals surface area contributed by atoms with E-state index >= 15 is 0 Å². The van der Waals surface area contributed by atoms with Crippen LogP contribution in [0.15, 0.2) is 88.2 Å². The Bertz CT molecular complexity index is 1530. The van der Waals surface area contributed by atoms with E-state index in [-0.39, 0.29) is 5.91 Å². The molecule has 0 spiro atoms. The Balaban J connectivity index is 1.35. The van der Waals surface area contributed by atoms with Gasteiger partial charge in [0, 0.05) is 35.0 Å². The third-order valence-electron chi connectivity index (χ3n) is 5.22. The van der Waals surface area contributed by atoms with Crippen LogP contribution in [-0.2, 0) is 11.3 Å². The summed E-state index contributed by atoms with van der Waals surface area (Å²) in [6, 6.07) is 19.2. The van der Waals surface area contributed by atoms with Gasteiger partial charge in [-0.2, -0.15) is 21.0 Å². The third kappa shape index (κ3) is 5.45. The van der Waals surface area contributed by atoms with Gasteiger partial charge in [-0.15, -0.1) is 0 Å². The SMILES string of the molecule is O=C(C=Cc1ccsc1)Nc1cccc(CNc2cc(-c3ccccc3Cl)nc3c(Br)cnn23)c1. The highest BCUT2D eigenvalue weighted by Crippen LogP contribution is 2.30. The van der Waals surface area contributed by atoms with Gasteiger partial charge in [-0.25, -0.2) is 4.98 Å². The number of benzene rings is 2. The lowest BCUT2D eigenvalue weighted by atomic mass is 10.1. The topological polar surface area (TPSA) is 71.3 Å². The Kier molecular flexibility index (Phi) is 6.94. The summed E-state index contributed by atoms with van der Waals surface area (Å²) in [5.74, 6) is 0.590. The quantitative estimate of drug-likeness (QED) is 0.206. The predicted molar refractivity (Wildman–Crippen MR) is 147 cm³/mol. The fourth-order valence-electron chi connectivity index (χ4n) is 3.55. The van der Waals surface area contributed by atoms with E-state index in [9.17, 15) is 4.79 Å². The second-order valence-corrected chi connectivity index (χ2v) is 9.71. The molecule has 0 bridgehead atoms. The zero-order chi connectivity index (χ0) is 24.2. The van der Waals surface area contributed by atoms with E-state index in [2.05, 4.69) is 31.7 Å². The van der Waals surface area contributed by atoms with E-state index in [1.807, 2.05) is 71.4 Å². The van der Waals surface area contributed by atoms with Crippen molar-refractivity contribution in [1.82, 2.24) is 14.6 Å². The predicted octanol–water partition coefficient (Wildman–Crippen LogP) is 7.14.